The molecule has 2 rings (SSSR count). The SMILES string of the molecule is CCCC(C)(C)CC(C)(C)CC(=O)N1C(CO)CC1(C)CC(C)(C)C(=O)N1CC(OC)CC1COC. The Morgan fingerprint density at radius 2 is 1.69 bits per heavy atom. The minimum atomic E-state index is -0.666. The second-order valence-corrected chi connectivity index (χ2v) is 14.0. The fourth-order valence-corrected chi connectivity index (χ4v) is 7.51. The molecule has 36 heavy (non-hydrogen) atoms. The number of carbonyl (C=O) groups excluding carboxylic acids is 2. The van der Waals surface area contributed by atoms with Crippen LogP contribution in [-0.4, -0.2) is 84.4 Å². The van der Waals surface area contributed by atoms with Gasteiger partial charge in [0.2, 0.25) is 11.8 Å². The molecule has 0 aromatic rings. The third kappa shape index (κ3) is 7.22. The van der Waals surface area contributed by atoms with Crippen LogP contribution in [0.25, 0.3) is 0 Å². The molecular formula is C29H54N2O5. The van der Waals surface area contributed by atoms with Crippen LogP contribution in [0, 0.1) is 16.2 Å². The van der Waals surface area contributed by atoms with Crippen LogP contribution in [0.4, 0.5) is 0 Å². The lowest BCUT2D eigenvalue weighted by Crippen LogP contribution is -2.69. The van der Waals surface area contributed by atoms with Crippen molar-refractivity contribution in [3.8, 4) is 0 Å². The predicted octanol–water partition coefficient (Wildman–Crippen LogP) is 4.65. The molecule has 0 radical (unpaired) electrons. The molecule has 0 bridgehead atoms. The number of nitrogens with zero attached hydrogens (tertiary/aromatic N) is 2. The number of aliphatic hydroxyl groups excluding tert-OH is 1. The number of ether oxygens (including phenoxy) is 2. The summed E-state index contributed by atoms with van der Waals surface area (Å²) < 4.78 is 10.9. The van der Waals surface area contributed by atoms with Crippen LogP contribution in [-0.2, 0) is 19.1 Å². The van der Waals surface area contributed by atoms with Gasteiger partial charge in [-0.05, 0) is 49.9 Å². The fraction of sp³-hybridized carbons (Fsp3) is 0.931. The van der Waals surface area contributed by atoms with Gasteiger partial charge in [-0.15, -0.1) is 0 Å². The normalized spacial score (nSPS) is 27.4. The maximum Gasteiger partial charge on any atom is 0.228 e. The monoisotopic (exact) mass is 510 g/mol. The Morgan fingerprint density at radius 1 is 1.06 bits per heavy atom. The third-order valence-electron chi connectivity index (χ3n) is 8.35. The molecule has 4 unspecified atom stereocenters. The molecule has 4 atom stereocenters. The van der Waals surface area contributed by atoms with E-state index >= 15 is 0 Å². The molecule has 7 nitrogen and oxygen atoms in total. The van der Waals surface area contributed by atoms with Crippen molar-refractivity contribution in [3.63, 3.8) is 0 Å². The lowest BCUT2D eigenvalue weighted by Gasteiger charge is -2.59. The van der Waals surface area contributed by atoms with Gasteiger partial charge in [0.15, 0.2) is 0 Å². The molecule has 2 aliphatic rings. The van der Waals surface area contributed by atoms with Crippen molar-refractivity contribution in [2.75, 3.05) is 34.0 Å². The van der Waals surface area contributed by atoms with Gasteiger partial charge in [-0.1, -0.05) is 54.9 Å². The molecule has 0 aliphatic carbocycles. The number of amides is 2. The van der Waals surface area contributed by atoms with Crippen molar-refractivity contribution in [3.05, 3.63) is 0 Å². The summed E-state index contributed by atoms with van der Waals surface area (Å²) in [5.74, 6) is 0.160. The van der Waals surface area contributed by atoms with Gasteiger partial charge < -0.3 is 24.4 Å². The van der Waals surface area contributed by atoms with Crippen LogP contribution >= 0.6 is 0 Å². The van der Waals surface area contributed by atoms with Gasteiger partial charge in [-0.25, -0.2) is 0 Å². The molecule has 1 N–H and O–H groups in total. The summed E-state index contributed by atoms with van der Waals surface area (Å²) in [5, 5.41) is 10.0. The molecule has 2 saturated heterocycles. The van der Waals surface area contributed by atoms with Crippen LogP contribution in [0.1, 0.15) is 100 Å². The summed E-state index contributed by atoms with van der Waals surface area (Å²) in [5.41, 5.74) is -1.09. The molecule has 0 aromatic heterocycles. The fourth-order valence-electron chi connectivity index (χ4n) is 7.51. The molecule has 210 valence electrons. The smallest absolute Gasteiger partial charge is 0.228 e. The molecule has 7 heteroatoms. The Bertz CT molecular complexity index is 765. The van der Waals surface area contributed by atoms with Crippen LogP contribution in [0.15, 0.2) is 0 Å². The van der Waals surface area contributed by atoms with Crippen LogP contribution in [0.2, 0.25) is 0 Å². The first kappa shape index (κ1) is 31.0. The van der Waals surface area contributed by atoms with E-state index in [0.717, 1.165) is 25.7 Å². The van der Waals surface area contributed by atoms with Crippen LogP contribution < -0.4 is 0 Å². The highest BCUT2D eigenvalue weighted by Gasteiger charge is 2.55. The highest BCUT2D eigenvalue weighted by Crippen LogP contribution is 2.47. The lowest BCUT2D eigenvalue weighted by atomic mass is 9.67. The van der Waals surface area contributed by atoms with Gasteiger partial charge in [0, 0.05) is 38.1 Å². The Labute approximate surface area is 220 Å². The van der Waals surface area contributed by atoms with Gasteiger partial charge in [0.1, 0.15) is 0 Å². The van der Waals surface area contributed by atoms with Gasteiger partial charge in [0.25, 0.3) is 0 Å². The predicted molar refractivity (Wildman–Crippen MR) is 144 cm³/mol. The lowest BCUT2D eigenvalue weighted by molar-refractivity contribution is -0.169. The maximum atomic E-state index is 13.8. The zero-order valence-electron chi connectivity index (χ0n) is 24.8. The number of likely N-dealkylation sites (tertiary alicyclic amines) is 2. The molecule has 2 aliphatic heterocycles. The number of hydrogen-bond donors (Lipinski definition) is 1. The molecule has 0 aromatic carbocycles. The van der Waals surface area contributed by atoms with Crippen LogP contribution in [0.3, 0.4) is 0 Å². The van der Waals surface area contributed by atoms with E-state index in [4.69, 9.17) is 9.47 Å². The number of carbonyl (C=O) groups is 2. The summed E-state index contributed by atoms with van der Waals surface area (Å²) in [6.07, 6.45) is 5.71. The van der Waals surface area contributed by atoms with E-state index in [9.17, 15) is 14.7 Å². The number of aliphatic hydroxyl groups is 1. The van der Waals surface area contributed by atoms with E-state index in [0.29, 0.717) is 32.4 Å². The second kappa shape index (κ2) is 11.7. The second-order valence-electron chi connectivity index (χ2n) is 14.0. The summed E-state index contributed by atoms with van der Waals surface area (Å²) in [4.78, 5) is 31.3. The van der Waals surface area contributed by atoms with Gasteiger partial charge in [0.05, 0.1) is 31.4 Å². The number of hydrogen-bond acceptors (Lipinski definition) is 5. The Kier molecular flexibility index (Phi) is 10.1. The molecule has 2 fully saturated rings. The van der Waals surface area contributed by atoms with E-state index in [-0.39, 0.29) is 47.4 Å². The van der Waals surface area contributed by atoms with E-state index in [1.807, 2.05) is 23.6 Å². The molecular weight excluding hydrogens is 456 g/mol. The summed E-state index contributed by atoms with van der Waals surface area (Å²) in [7, 11) is 3.35. The average Bonchev–Trinajstić information content (AvgIpc) is 3.12. The van der Waals surface area contributed by atoms with Crippen molar-refractivity contribution in [1.82, 2.24) is 9.80 Å². The Morgan fingerprint density at radius 3 is 2.22 bits per heavy atom. The molecule has 0 spiro atoms. The highest BCUT2D eigenvalue weighted by atomic mass is 16.5. The number of methoxy groups -OCH3 is 2. The first-order valence-corrected chi connectivity index (χ1v) is 13.8. The van der Waals surface area contributed by atoms with E-state index in [1.165, 1.54) is 0 Å². The largest absolute Gasteiger partial charge is 0.394 e. The minimum Gasteiger partial charge on any atom is -0.394 e. The third-order valence-corrected chi connectivity index (χ3v) is 8.35. The van der Waals surface area contributed by atoms with E-state index in [1.54, 1.807) is 14.2 Å². The highest BCUT2D eigenvalue weighted by molar-refractivity contribution is 5.83. The zero-order chi connectivity index (χ0) is 27.5. The minimum absolute atomic E-state index is 0.00359. The van der Waals surface area contributed by atoms with Crippen LogP contribution in [0.5, 0.6) is 0 Å². The summed E-state index contributed by atoms with van der Waals surface area (Å²) in [6, 6.07) is -0.185. The molecule has 2 amide bonds. The summed E-state index contributed by atoms with van der Waals surface area (Å²) in [6.45, 7) is 18.2. The van der Waals surface area contributed by atoms with Crippen molar-refractivity contribution in [1.29, 1.82) is 0 Å². The molecule has 0 saturated carbocycles. The zero-order valence-corrected chi connectivity index (χ0v) is 24.8. The maximum absolute atomic E-state index is 13.8. The van der Waals surface area contributed by atoms with Gasteiger partial charge in [-0.3, -0.25) is 9.59 Å². The topological polar surface area (TPSA) is 79.3 Å². The first-order chi connectivity index (χ1) is 16.5. The van der Waals surface area contributed by atoms with E-state index in [2.05, 4.69) is 41.5 Å². The average molecular weight is 511 g/mol. The molecule has 2 heterocycles. The van der Waals surface area contributed by atoms with E-state index < -0.39 is 11.0 Å². The van der Waals surface area contributed by atoms with Gasteiger partial charge >= 0.3 is 0 Å². The van der Waals surface area contributed by atoms with Crippen molar-refractivity contribution in [2.45, 2.75) is 124 Å². The first-order valence-electron chi connectivity index (χ1n) is 13.8. The van der Waals surface area contributed by atoms with Crippen molar-refractivity contribution < 1.29 is 24.2 Å². The quantitative estimate of drug-likeness (QED) is 0.390. The standard InChI is InChI=1S/C29H54N2O5/c1-11-12-26(2,3)19-27(4,5)15-24(33)31-22(17-32)14-29(31,8)20-28(6,7)25(34)30-16-23(36-10)13-21(30)18-35-9/h21-23,32H,11-20H2,1-10H3. The van der Waals surface area contributed by atoms with Gasteiger partial charge in [-0.2, -0.15) is 0 Å². The Hall–Kier alpha value is -1.18. The number of rotatable bonds is 13. The van der Waals surface area contributed by atoms with Crippen molar-refractivity contribution in [2.24, 2.45) is 16.2 Å². The summed E-state index contributed by atoms with van der Waals surface area (Å²) >= 11 is 0. The Balaban J connectivity index is 2.17. The van der Waals surface area contributed by atoms with Crippen molar-refractivity contribution >= 4 is 11.8 Å².